The maximum absolute atomic E-state index is 10.6. The number of rotatable bonds is 7. The normalized spacial score (nSPS) is 33.6. The zero-order valence-corrected chi connectivity index (χ0v) is 17.5. The van der Waals surface area contributed by atoms with Gasteiger partial charge in [0.15, 0.2) is 0 Å². The van der Waals surface area contributed by atoms with Gasteiger partial charge in [0.05, 0.1) is 24.7 Å². The first-order valence-corrected chi connectivity index (χ1v) is 8.93. The van der Waals surface area contributed by atoms with Crippen molar-refractivity contribution in [2.45, 2.75) is 64.3 Å². The van der Waals surface area contributed by atoms with E-state index >= 15 is 0 Å². The number of hydrogen-bond acceptors (Lipinski definition) is 4. The van der Waals surface area contributed by atoms with E-state index in [4.69, 9.17) is 5.11 Å². The second-order valence-electron chi connectivity index (χ2n) is 7.57. The molecule has 5 nitrogen and oxygen atoms in total. The Morgan fingerprint density at radius 1 is 1.28 bits per heavy atom. The molecule has 0 saturated heterocycles. The first-order chi connectivity index (χ1) is 11.3. The smallest absolute Gasteiger partial charge is 0.305 e. The van der Waals surface area contributed by atoms with Gasteiger partial charge in [0.1, 0.15) is 0 Å². The number of aliphatic hydroxyl groups is 3. The van der Waals surface area contributed by atoms with E-state index in [1.54, 1.807) is 0 Å². The standard InChI is InChI=1S/C19H30O5.Na/c1-11-7-13-4-3-12(2)16(19(13)17(22)8-11)6-5-14(20)9-15(21)10-18(23)24;/h3-4,7,11-12,14-17,19-22H,5-6,8-10H2,1-2H3,(H,23,24);/t11-,12-,14+,15+,16-,17-,19-;/m0./s1. The van der Waals surface area contributed by atoms with E-state index in [2.05, 4.69) is 32.1 Å². The van der Waals surface area contributed by atoms with Crippen LogP contribution in [0.1, 0.15) is 46.0 Å². The van der Waals surface area contributed by atoms with Crippen LogP contribution in [0.5, 0.6) is 0 Å². The van der Waals surface area contributed by atoms with Gasteiger partial charge in [-0.3, -0.25) is 4.79 Å². The SMILES string of the molecule is C[C@H]1C=C2C=C[C@H](C)[C@H](CC[C@@H](O)C[C@@H](O)CC(=O)O)[C@H]2[C@@H](O)C1.[Na]. The van der Waals surface area contributed by atoms with Crippen molar-refractivity contribution in [3.8, 4) is 0 Å². The summed E-state index contributed by atoms with van der Waals surface area (Å²) in [6, 6.07) is 0. The molecule has 2 rings (SSSR count). The minimum Gasteiger partial charge on any atom is -0.481 e. The summed E-state index contributed by atoms with van der Waals surface area (Å²) in [7, 11) is 0. The Kier molecular flexibility index (Phi) is 9.37. The van der Waals surface area contributed by atoms with Crippen molar-refractivity contribution in [3.05, 3.63) is 23.8 Å². The van der Waals surface area contributed by atoms with E-state index in [0.29, 0.717) is 18.3 Å². The van der Waals surface area contributed by atoms with Crippen LogP contribution in [0.2, 0.25) is 0 Å². The van der Waals surface area contributed by atoms with Crippen molar-refractivity contribution >= 4 is 35.5 Å². The van der Waals surface area contributed by atoms with Crippen LogP contribution in [0.4, 0.5) is 0 Å². The van der Waals surface area contributed by atoms with Crippen LogP contribution < -0.4 is 0 Å². The van der Waals surface area contributed by atoms with Gasteiger partial charge in [0.2, 0.25) is 0 Å². The number of fused-ring (bicyclic) bond motifs is 1. The second kappa shape index (κ2) is 10.2. The molecule has 6 heteroatoms. The Bertz CT molecular complexity index is 504. The molecule has 137 valence electrons. The van der Waals surface area contributed by atoms with E-state index in [0.717, 1.165) is 12.8 Å². The van der Waals surface area contributed by atoms with E-state index < -0.39 is 18.2 Å². The molecule has 0 aromatic rings. The molecule has 4 N–H and O–H groups in total. The van der Waals surface area contributed by atoms with Crippen molar-refractivity contribution in [1.82, 2.24) is 0 Å². The van der Waals surface area contributed by atoms with Gasteiger partial charge >= 0.3 is 5.97 Å². The maximum Gasteiger partial charge on any atom is 0.305 e. The molecular formula is C19H30NaO5. The van der Waals surface area contributed by atoms with Crippen LogP contribution >= 0.6 is 0 Å². The fourth-order valence-corrected chi connectivity index (χ4v) is 4.23. The molecule has 1 radical (unpaired) electrons. The third-order valence-corrected chi connectivity index (χ3v) is 5.41. The summed E-state index contributed by atoms with van der Waals surface area (Å²) in [5.74, 6) is 0.00962. The Balaban J connectivity index is 0.00000312. The number of allylic oxidation sites excluding steroid dienone is 3. The number of carbonyl (C=O) groups is 1. The molecule has 0 amide bonds. The van der Waals surface area contributed by atoms with Gasteiger partial charge in [-0.2, -0.15) is 0 Å². The minimum atomic E-state index is -1.06. The first-order valence-electron chi connectivity index (χ1n) is 8.93. The Morgan fingerprint density at radius 2 is 1.96 bits per heavy atom. The summed E-state index contributed by atoms with van der Waals surface area (Å²) >= 11 is 0. The third kappa shape index (κ3) is 6.49. The average Bonchev–Trinajstić information content (AvgIpc) is 2.45. The van der Waals surface area contributed by atoms with E-state index in [1.165, 1.54) is 5.57 Å². The van der Waals surface area contributed by atoms with E-state index in [1.807, 2.05) is 0 Å². The van der Waals surface area contributed by atoms with Crippen molar-refractivity contribution < 1.29 is 25.2 Å². The average molecular weight is 361 g/mol. The van der Waals surface area contributed by atoms with Gasteiger partial charge in [-0.15, -0.1) is 0 Å². The summed E-state index contributed by atoms with van der Waals surface area (Å²) in [5.41, 5.74) is 1.20. The molecule has 0 aliphatic heterocycles. The van der Waals surface area contributed by atoms with Gasteiger partial charge < -0.3 is 20.4 Å². The summed E-state index contributed by atoms with van der Waals surface area (Å²) in [5, 5.41) is 38.9. The van der Waals surface area contributed by atoms with Crippen molar-refractivity contribution in [2.75, 3.05) is 0 Å². The quantitative estimate of drug-likeness (QED) is 0.518. The van der Waals surface area contributed by atoms with Crippen LogP contribution in [0.25, 0.3) is 0 Å². The largest absolute Gasteiger partial charge is 0.481 e. The summed E-state index contributed by atoms with van der Waals surface area (Å²) < 4.78 is 0. The number of hydrogen-bond donors (Lipinski definition) is 4. The van der Waals surface area contributed by atoms with Crippen LogP contribution in [0.15, 0.2) is 23.8 Å². The van der Waals surface area contributed by atoms with Gasteiger partial charge in [0.25, 0.3) is 0 Å². The minimum absolute atomic E-state index is 0. The van der Waals surface area contributed by atoms with Crippen molar-refractivity contribution in [1.29, 1.82) is 0 Å². The molecule has 0 fully saturated rings. The first kappa shape index (κ1) is 22.9. The summed E-state index contributed by atoms with van der Waals surface area (Å²) in [4.78, 5) is 10.6. The Labute approximate surface area is 172 Å². The molecule has 7 atom stereocenters. The maximum atomic E-state index is 10.6. The third-order valence-electron chi connectivity index (χ3n) is 5.41. The second-order valence-corrected chi connectivity index (χ2v) is 7.57. The predicted octanol–water partition coefficient (Wildman–Crippen LogP) is 1.74. The van der Waals surface area contributed by atoms with Crippen LogP contribution in [0.3, 0.4) is 0 Å². The molecular weight excluding hydrogens is 331 g/mol. The number of aliphatic hydroxyl groups excluding tert-OH is 3. The van der Waals surface area contributed by atoms with Gasteiger partial charge in [-0.05, 0) is 49.0 Å². The molecule has 0 bridgehead atoms. The molecule has 0 unspecified atom stereocenters. The van der Waals surface area contributed by atoms with Crippen LogP contribution in [-0.4, -0.2) is 74.3 Å². The molecule has 0 saturated carbocycles. The van der Waals surface area contributed by atoms with Gasteiger partial charge in [0, 0.05) is 35.5 Å². The monoisotopic (exact) mass is 361 g/mol. The zero-order valence-electron chi connectivity index (χ0n) is 15.5. The summed E-state index contributed by atoms with van der Waals surface area (Å²) in [6.45, 7) is 4.25. The number of carboxylic acids is 1. The van der Waals surface area contributed by atoms with E-state index in [9.17, 15) is 20.1 Å². The summed E-state index contributed by atoms with van der Waals surface area (Å²) in [6.07, 6.45) is 6.20. The fraction of sp³-hybridized carbons (Fsp3) is 0.737. The fourth-order valence-electron chi connectivity index (χ4n) is 4.23. The topological polar surface area (TPSA) is 98.0 Å². The zero-order chi connectivity index (χ0) is 17.9. The van der Waals surface area contributed by atoms with Crippen molar-refractivity contribution in [2.24, 2.45) is 23.7 Å². The molecule has 0 aromatic carbocycles. The number of aliphatic carboxylic acids is 1. The van der Waals surface area contributed by atoms with Crippen molar-refractivity contribution in [3.63, 3.8) is 0 Å². The molecule has 0 spiro atoms. The Morgan fingerprint density at radius 3 is 2.60 bits per heavy atom. The molecule has 2 aliphatic rings. The number of carboxylic acid groups (broad SMARTS) is 1. The molecule has 25 heavy (non-hydrogen) atoms. The van der Waals surface area contributed by atoms with Gasteiger partial charge in [-0.25, -0.2) is 0 Å². The van der Waals surface area contributed by atoms with Crippen LogP contribution in [-0.2, 0) is 4.79 Å². The van der Waals surface area contributed by atoms with Crippen LogP contribution in [0, 0.1) is 23.7 Å². The molecule has 0 heterocycles. The molecule has 0 aromatic heterocycles. The van der Waals surface area contributed by atoms with Gasteiger partial charge in [-0.1, -0.05) is 32.1 Å². The predicted molar refractivity (Wildman–Crippen MR) is 97.0 cm³/mol. The Hall–Kier alpha value is -0.170. The van der Waals surface area contributed by atoms with E-state index in [-0.39, 0.29) is 60.3 Å². The molecule has 2 aliphatic carbocycles.